The van der Waals surface area contributed by atoms with Crippen molar-refractivity contribution in [1.29, 1.82) is 0 Å². The largest absolute Gasteiger partial charge is 0.354 e. The van der Waals surface area contributed by atoms with Crippen LogP contribution < -0.4 is 10.0 Å². The molecule has 6 nitrogen and oxygen atoms in total. The minimum absolute atomic E-state index is 0.000743. The minimum Gasteiger partial charge on any atom is -0.354 e. The Morgan fingerprint density at radius 2 is 1.71 bits per heavy atom. The van der Waals surface area contributed by atoms with Crippen molar-refractivity contribution in [2.45, 2.75) is 31.1 Å². The van der Waals surface area contributed by atoms with Crippen LogP contribution in [0.2, 0.25) is 0 Å². The molecule has 0 saturated carbocycles. The molecule has 0 spiro atoms. The molecule has 2 rings (SSSR count). The maximum atomic E-state index is 12.5. The third-order valence-corrected chi connectivity index (χ3v) is 5.10. The van der Waals surface area contributed by atoms with Crippen LogP contribution in [0.1, 0.15) is 36.8 Å². The normalized spacial score (nSPS) is 12.0. The summed E-state index contributed by atoms with van der Waals surface area (Å²) in [6, 6.07) is 8.63. The Hall–Kier alpha value is -2.28. The van der Waals surface area contributed by atoms with Crippen molar-refractivity contribution >= 4 is 21.6 Å². The van der Waals surface area contributed by atoms with E-state index in [0.29, 0.717) is 5.69 Å². The van der Waals surface area contributed by atoms with Gasteiger partial charge in [0.1, 0.15) is 10.6 Å². The fraction of sp³-hybridized carbons (Fsp3) is 0.353. The van der Waals surface area contributed by atoms with Crippen LogP contribution in [-0.2, 0) is 22.5 Å². The van der Waals surface area contributed by atoms with Crippen molar-refractivity contribution < 1.29 is 13.2 Å². The molecule has 130 valence electrons. The molecule has 0 aliphatic heterocycles. The fourth-order valence-corrected chi connectivity index (χ4v) is 3.42. The van der Waals surface area contributed by atoms with Gasteiger partial charge in [0.05, 0.1) is 0 Å². The van der Waals surface area contributed by atoms with Crippen molar-refractivity contribution in [3.63, 3.8) is 0 Å². The second-order valence-corrected chi connectivity index (χ2v) is 8.37. The first kappa shape index (κ1) is 18.1. The van der Waals surface area contributed by atoms with Crippen LogP contribution in [0.15, 0.2) is 41.4 Å². The Labute approximate surface area is 142 Å². The van der Waals surface area contributed by atoms with Crippen LogP contribution >= 0.6 is 0 Å². The van der Waals surface area contributed by atoms with Crippen molar-refractivity contribution in [2.24, 2.45) is 7.05 Å². The highest BCUT2D eigenvalue weighted by Gasteiger charge is 2.20. The van der Waals surface area contributed by atoms with Gasteiger partial charge in [0.25, 0.3) is 15.9 Å². The number of aromatic nitrogens is 1. The van der Waals surface area contributed by atoms with Crippen LogP contribution in [0.25, 0.3) is 0 Å². The quantitative estimate of drug-likeness (QED) is 0.890. The van der Waals surface area contributed by atoms with Crippen LogP contribution in [0, 0.1) is 0 Å². The summed E-state index contributed by atoms with van der Waals surface area (Å²) in [7, 11) is -0.631. The number of rotatable bonds is 4. The monoisotopic (exact) mass is 349 g/mol. The first-order chi connectivity index (χ1) is 11.0. The SMILES string of the molecule is CNC(=O)c1cc(S(=O)(=O)Nc2ccc(C(C)(C)C)cc2)cn1C. The van der Waals surface area contributed by atoms with Crippen molar-refractivity contribution in [3.05, 3.63) is 47.8 Å². The van der Waals surface area contributed by atoms with E-state index in [1.165, 1.54) is 23.9 Å². The van der Waals surface area contributed by atoms with Crippen LogP contribution in [0.3, 0.4) is 0 Å². The number of nitrogens with zero attached hydrogens (tertiary/aromatic N) is 1. The van der Waals surface area contributed by atoms with Crippen molar-refractivity contribution in [3.8, 4) is 0 Å². The molecule has 1 amide bonds. The summed E-state index contributed by atoms with van der Waals surface area (Å²) in [6.07, 6.45) is 1.41. The molecule has 0 unspecified atom stereocenters. The van der Waals surface area contributed by atoms with Gasteiger partial charge in [0.15, 0.2) is 0 Å². The first-order valence-corrected chi connectivity index (χ1v) is 9.05. The number of carbonyl (C=O) groups is 1. The number of carbonyl (C=O) groups excluding carboxylic acids is 1. The lowest BCUT2D eigenvalue weighted by Gasteiger charge is -2.19. The summed E-state index contributed by atoms with van der Waals surface area (Å²) < 4.78 is 29.0. The molecule has 2 N–H and O–H groups in total. The third kappa shape index (κ3) is 3.79. The Balaban J connectivity index is 2.27. The summed E-state index contributed by atoms with van der Waals surface area (Å²) in [6.45, 7) is 6.28. The van der Waals surface area contributed by atoms with Gasteiger partial charge in [0, 0.05) is 26.0 Å². The van der Waals surface area contributed by atoms with Gasteiger partial charge in [-0.05, 0) is 29.2 Å². The number of nitrogens with one attached hydrogen (secondary N) is 2. The Morgan fingerprint density at radius 3 is 2.21 bits per heavy atom. The summed E-state index contributed by atoms with van der Waals surface area (Å²) in [5.74, 6) is -0.339. The molecule has 0 aliphatic rings. The summed E-state index contributed by atoms with van der Waals surface area (Å²) in [4.78, 5) is 11.8. The van der Waals surface area contributed by atoms with Crippen LogP contribution in [0.5, 0.6) is 0 Å². The highest BCUT2D eigenvalue weighted by Crippen LogP contribution is 2.25. The third-order valence-electron chi connectivity index (χ3n) is 3.75. The average molecular weight is 349 g/mol. The molecule has 0 saturated heterocycles. The Bertz CT molecular complexity index is 844. The predicted molar refractivity (Wildman–Crippen MR) is 94.8 cm³/mol. The molecule has 1 aromatic heterocycles. The molecule has 24 heavy (non-hydrogen) atoms. The van der Waals surface area contributed by atoms with E-state index < -0.39 is 10.0 Å². The van der Waals surface area contributed by atoms with E-state index in [0.717, 1.165) is 5.56 Å². The zero-order chi connectivity index (χ0) is 18.1. The van der Waals surface area contributed by atoms with Gasteiger partial charge >= 0.3 is 0 Å². The van der Waals surface area contributed by atoms with E-state index in [9.17, 15) is 13.2 Å². The molecule has 7 heteroatoms. The molecule has 1 heterocycles. The number of anilines is 1. The lowest BCUT2D eigenvalue weighted by atomic mass is 9.87. The standard InChI is InChI=1S/C17H23N3O3S/c1-17(2,3)12-6-8-13(9-7-12)19-24(22,23)14-10-15(16(21)18-4)20(5)11-14/h6-11,19H,1-5H3,(H,18,21). The topological polar surface area (TPSA) is 80.2 Å². The molecule has 1 aromatic carbocycles. The van der Waals surface area contributed by atoms with Gasteiger partial charge < -0.3 is 9.88 Å². The summed E-state index contributed by atoms with van der Waals surface area (Å²) >= 11 is 0. The lowest BCUT2D eigenvalue weighted by molar-refractivity contribution is 0.0955. The van der Waals surface area contributed by atoms with E-state index in [1.807, 2.05) is 12.1 Å². The molecule has 0 bridgehead atoms. The predicted octanol–water partition coefficient (Wildman–Crippen LogP) is 2.48. The van der Waals surface area contributed by atoms with E-state index in [-0.39, 0.29) is 21.9 Å². The van der Waals surface area contributed by atoms with Gasteiger partial charge in [-0.15, -0.1) is 0 Å². The highest BCUT2D eigenvalue weighted by atomic mass is 32.2. The number of benzene rings is 1. The second kappa shape index (κ2) is 6.32. The molecule has 0 aliphatic carbocycles. The van der Waals surface area contributed by atoms with Gasteiger partial charge in [-0.2, -0.15) is 0 Å². The smallest absolute Gasteiger partial charge is 0.267 e. The highest BCUT2D eigenvalue weighted by molar-refractivity contribution is 7.92. The average Bonchev–Trinajstić information content (AvgIpc) is 2.88. The van der Waals surface area contributed by atoms with Gasteiger partial charge in [0.2, 0.25) is 0 Å². The van der Waals surface area contributed by atoms with E-state index in [2.05, 4.69) is 30.8 Å². The summed E-state index contributed by atoms with van der Waals surface area (Å²) in [5, 5.41) is 2.48. The van der Waals surface area contributed by atoms with Crippen LogP contribution in [0.4, 0.5) is 5.69 Å². The molecular weight excluding hydrogens is 326 g/mol. The first-order valence-electron chi connectivity index (χ1n) is 7.56. The minimum atomic E-state index is -3.76. The number of amides is 1. The van der Waals surface area contributed by atoms with Gasteiger partial charge in [-0.3, -0.25) is 9.52 Å². The fourth-order valence-electron chi connectivity index (χ4n) is 2.29. The van der Waals surface area contributed by atoms with E-state index in [1.54, 1.807) is 19.2 Å². The molecule has 0 atom stereocenters. The lowest BCUT2D eigenvalue weighted by Crippen LogP contribution is -2.20. The van der Waals surface area contributed by atoms with Crippen molar-refractivity contribution in [2.75, 3.05) is 11.8 Å². The molecule has 2 aromatic rings. The molecule has 0 fully saturated rings. The van der Waals surface area contributed by atoms with E-state index in [4.69, 9.17) is 0 Å². The zero-order valence-electron chi connectivity index (χ0n) is 14.5. The zero-order valence-corrected chi connectivity index (χ0v) is 15.4. The van der Waals surface area contributed by atoms with Crippen LogP contribution in [-0.4, -0.2) is 25.9 Å². The second-order valence-electron chi connectivity index (χ2n) is 6.68. The molecule has 0 radical (unpaired) electrons. The molecular formula is C17H23N3O3S. The van der Waals surface area contributed by atoms with E-state index >= 15 is 0 Å². The Morgan fingerprint density at radius 1 is 1.12 bits per heavy atom. The van der Waals surface area contributed by atoms with Gasteiger partial charge in [-0.1, -0.05) is 32.9 Å². The maximum absolute atomic E-state index is 12.5. The number of hydrogen-bond donors (Lipinski definition) is 2. The number of sulfonamides is 1. The Kier molecular flexibility index (Phi) is 4.75. The van der Waals surface area contributed by atoms with Crippen molar-refractivity contribution in [1.82, 2.24) is 9.88 Å². The number of hydrogen-bond acceptors (Lipinski definition) is 3. The maximum Gasteiger partial charge on any atom is 0.267 e. The number of aryl methyl sites for hydroxylation is 1. The van der Waals surface area contributed by atoms with Gasteiger partial charge in [-0.25, -0.2) is 8.42 Å². The summed E-state index contributed by atoms with van der Waals surface area (Å²) in [5.41, 5.74) is 1.88.